The van der Waals surface area contributed by atoms with Gasteiger partial charge in [-0.1, -0.05) is 25.0 Å². The molecule has 2 aromatic carbocycles. The number of hydrogen-bond acceptors (Lipinski definition) is 7. The predicted molar refractivity (Wildman–Crippen MR) is 157 cm³/mol. The smallest absolute Gasteiger partial charge is 0.416 e. The first-order chi connectivity index (χ1) is 20.9. The first kappa shape index (κ1) is 34.0. The number of carbonyl (C=O) groups excluding carboxylic acids is 1. The largest absolute Gasteiger partial charge is 0.469 e. The van der Waals surface area contributed by atoms with Gasteiger partial charge in [-0.05, 0) is 90.3 Å². The second-order valence-electron chi connectivity index (χ2n) is 12.4. The molecular formula is C31H38F6N6O2. The number of esters is 1. The molecule has 0 unspecified atom stereocenters. The molecule has 0 bridgehead atoms. The van der Waals surface area contributed by atoms with Crippen LogP contribution in [-0.4, -0.2) is 46.4 Å². The molecule has 4 rings (SSSR count). The summed E-state index contributed by atoms with van der Waals surface area (Å²) < 4.78 is 87.2. The molecule has 0 spiro atoms. The quantitative estimate of drug-likeness (QED) is 0.181. The first-order valence-electron chi connectivity index (χ1n) is 14.6. The molecule has 1 atom stereocenters. The van der Waals surface area contributed by atoms with Crippen molar-refractivity contribution in [1.82, 2.24) is 20.2 Å². The lowest BCUT2D eigenvalue weighted by Crippen LogP contribution is -2.31. The van der Waals surface area contributed by atoms with E-state index in [1.807, 2.05) is 33.8 Å². The number of benzene rings is 2. The van der Waals surface area contributed by atoms with Crippen LogP contribution in [0.15, 0.2) is 30.3 Å². The minimum atomic E-state index is -4.97. The van der Waals surface area contributed by atoms with E-state index in [1.165, 1.54) is 19.0 Å². The van der Waals surface area contributed by atoms with Gasteiger partial charge in [-0.25, -0.2) is 0 Å². The Hall–Kier alpha value is -3.84. The van der Waals surface area contributed by atoms with Gasteiger partial charge in [0.1, 0.15) is 0 Å². The van der Waals surface area contributed by atoms with Gasteiger partial charge in [0.2, 0.25) is 0 Å². The van der Waals surface area contributed by atoms with E-state index in [0.717, 1.165) is 34.5 Å². The maximum Gasteiger partial charge on any atom is 0.416 e. The number of fused-ring (bicyclic) bond motifs is 1. The molecule has 1 aromatic heterocycles. The molecule has 8 nitrogen and oxygen atoms in total. The monoisotopic (exact) mass is 640 g/mol. The van der Waals surface area contributed by atoms with Crippen LogP contribution in [0, 0.1) is 19.3 Å². The predicted octanol–water partition coefficient (Wildman–Crippen LogP) is 7.19. The van der Waals surface area contributed by atoms with E-state index in [0.29, 0.717) is 32.4 Å². The highest BCUT2D eigenvalue weighted by atomic mass is 19.4. The third-order valence-electron chi connectivity index (χ3n) is 8.29. The number of aryl methyl sites for hydroxylation is 3. The Kier molecular flexibility index (Phi) is 9.74. The highest BCUT2D eigenvalue weighted by Gasteiger charge is 2.38. The van der Waals surface area contributed by atoms with Crippen molar-refractivity contribution in [1.29, 1.82) is 0 Å². The number of alkyl halides is 6. The van der Waals surface area contributed by atoms with Crippen LogP contribution in [0.5, 0.6) is 0 Å². The summed E-state index contributed by atoms with van der Waals surface area (Å²) in [5.74, 6) is -0.205. The Bertz CT molecular complexity index is 1480. The molecule has 1 aliphatic rings. The Labute approximate surface area is 258 Å². The second-order valence-corrected chi connectivity index (χ2v) is 12.4. The summed E-state index contributed by atoms with van der Waals surface area (Å²) in [5.41, 5.74) is 0.498. The van der Waals surface area contributed by atoms with Crippen molar-refractivity contribution in [2.45, 2.75) is 78.3 Å². The third kappa shape index (κ3) is 8.26. The zero-order chi connectivity index (χ0) is 33.3. The van der Waals surface area contributed by atoms with Gasteiger partial charge < -0.3 is 14.5 Å². The van der Waals surface area contributed by atoms with E-state index in [1.54, 1.807) is 4.90 Å². The maximum absolute atomic E-state index is 13.7. The molecule has 0 N–H and O–H groups in total. The van der Waals surface area contributed by atoms with Gasteiger partial charge in [-0.3, -0.25) is 4.79 Å². The number of methoxy groups -OCH3 is 1. The zero-order valence-corrected chi connectivity index (χ0v) is 26.2. The standard InChI is InChI=1S/C31H38F6N6O2/c1-19-12-24-25(8-7-10-42(26(24)13-20(19)2)11-9-29(3,4)17-27(44)45-6)43(28-38-40-41(5)39-28)18-21-14-22(30(32,33)34)16-23(15-21)31(35,36)37/h12-16,25H,7-11,17-18H2,1-6H3/t25-/m0/s1. The second kappa shape index (κ2) is 12.9. The van der Waals surface area contributed by atoms with Gasteiger partial charge in [-0.15, -0.1) is 5.10 Å². The van der Waals surface area contributed by atoms with Gasteiger partial charge in [-0.2, -0.15) is 31.1 Å². The fourth-order valence-electron chi connectivity index (χ4n) is 5.68. The topological polar surface area (TPSA) is 76.4 Å². The van der Waals surface area contributed by atoms with Crippen LogP contribution >= 0.6 is 0 Å². The number of rotatable bonds is 9. The lowest BCUT2D eigenvalue weighted by Gasteiger charge is -2.34. The number of anilines is 2. The van der Waals surface area contributed by atoms with Gasteiger partial charge in [0.15, 0.2) is 0 Å². The van der Waals surface area contributed by atoms with Gasteiger partial charge in [0, 0.05) is 25.3 Å². The third-order valence-corrected chi connectivity index (χ3v) is 8.29. The van der Waals surface area contributed by atoms with Crippen LogP contribution in [0.25, 0.3) is 0 Å². The highest BCUT2D eigenvalue weighted by molar-refractivity contribution is 5.70. The Morgan fingerprint density at radius 2 is 1.62 bits per heavy atom. The van der Waals surface area contributed by atoms with Crippen LogP contribution in [0.2, 0.25) is 0 Å². The zero-order valence-electron chi connectivity index (χ0n) is 26.2. The van der Waals surface area contributed by atoms with Crippen molar-refractivity contribution in [3.63, 3.8) is 0 Å². The summed E-state index contributed by atoms with van der Waals surface area (Å²) in [6.07, 6.45) is -7.82. The van der Waals surface area contributed by atoms with Crippen LogP contribution in [0.4, 0.5) is 38.0 Å². The lowest BCUT2D eigenvalue weighted by molar-refractivity contribution is -0.144. The van der Waals surface area contributed by atoms with Crippen LogP contribution in [0.3, 0.4) is 0 Å². The molecule has 14 heteroatoms. The van der Waals surface area contributed by atoms with Crippen LogP contribution < -0.4 is 9.80 Å². The Morgan fingerprint density at radius 1 is 1.00 bits per heavy atom. The molecule has 0 fully saturated rings. The van der Waals surface area contributed by atoms with E-state index in [-0.39, 0.29) is 41.9 Å². The van der Waals surface area contributed by atoms with E-state index in [2.05, 4.69) is 26.4 Å². The summed E-state index contributed by atoms with van der Waals surface area (Å²) in [6.45, 7) is 8.89. The van der Waals surface area contributed by atoms with Crippen molar-refractivity contribution in [3.8, 4) is 0 Å². The average molecular weight is 641 g/mol. The van der Waals surface area contributed by atoms with Gasteiger partial charge >= 0.3 is 18.3 Å². The number of carbonyl (C=O) groups is 1. The molecule has 246 valence electrons. The summed E-state index contributed by atoms with van der Waals surface area (Å²) >= 11 is 0. The fourth-order valence-corrected chi connectivity index (χ4v) is 5.68. The SMILES string of the molecule is COC(=O)CC(C)(C)CCN1CCC[C@H](N(Cc2cc(C(F)(F)F)cc(C(F)(F)F)c2)c2nnn(C)n2)c2cc(C)c(C)cc21. The summed E-state index contributed by atoms with van der Waals surface area (Å²) in [4.78, 5) is 17.1. The minimum absolute atomic E-state index is 0.0882. The van der Waals surface area contributed by atoms with E-state index in [9.17, 15) is 31.1 Å². The fraction of sp³-hybridized carbons (Fsp3) is 0.548. The molecule has 45 heavy (non-hydrogen) atoms. The minimum Gasteiger partial charge on any atom is -0.469 e. The van der Waals surface area contributed by atoms with Crippen LogP contribution in [-0.2, 0) is 35.5 Å². The highest BCUT2D eigenvalue weighted by Crippen LogP contribution is 2.42. The Balaban J connectivity index is 1.79. The lowest BCUT2D eigenvalue weighted by atomic mass is 9.85. The molecule has 0 saturated carbocycles. The van der Waals surface area contributed by atoms with Gasteiger partial charge in [0.05, 0.1) is 37.7 Å². The van der Waals surface area contributed by atoms with Crippen molar-refractivity contribution in [2.75, 3.05) is 30.0 Å². The molecule has 0 radical (unpaired) electrons. The van der Waals surface area contributed by atoms with E-state index < -0.39 is 29.5 Å². The number of nitrogens with zero attached hydrogens (tertiary/aromatic N) is 6. The maximum atomic E-state index is 13.7. The van der Waals surface area contributed by atoms with Crippen LogP contribution in [0.1, 0.15) is 79.0 Å². The molecule has 0 aliphatic carbocycles. The molecule has 0 amide bonds. The molecule has 2 heterocycles. The number of tetrazole rings is 1. The normalized spacial score (nSPS) is 15.9. The molecule has 1 aliphatic heterocycles. The molecule has 3 aromatic rings. The molecule has 0 saturated heterocycles. The van der Waals surface area contributed by atoms with E-state index in [4.69, 9.17) is 4.74 Å². The number of hydrogen-bond donors (Lipinski definition) is 0. The van der Waals surface area contributed by atoms with Crippen molar-refractivity contribution in [3.05, 3.63) is 63.7 Å². The number of aromatic nitrogens is 4. The average Bonchev–Trinajstić information content (AvgIpc) is 3.29. The van der Waals surface area contributed by atoms with E-state index >= 15 is 0 Å². The summed E-state index contributed by atoms with van der Waals surface area (Å²) in [6, 6.07) is 5.20. The summed E-state index contributed by atoms with van der Waals surface area (Å²) in [7, 11) is 2.89. The summed E-state index contributed by atoms with van der Waals surface area (Å²) in [5, 5.41) is 12.3. The Morgan fingerprint density at radius 3 is 2.18 bits per heavy atom. The van der Waals surface area contributed by atoms with Crippen molar-refractivity contribution >= 4 is 17.6 Å². The number of ether oxygens (including phenoxy) is 1. The van der Waals surface area contributed by atoms with Crippen molar-refractivity contribution in [2.24, 2.45) is 12.5 Å². The number of halogens is 6. The molecular weight excluding hydrogens is 602 g/mol. The van der Waals surface area contributed by atoms with Crippen molar-refractivity contribution < 1.29 is 35.9 Å². The first-order valence-corrected chi connectivity index (χ1v) is 14.6. The van der Waals surface area contributed by atoms with Gasteiger partial charge in [0.25, 0.3) is 5.95 Å².